The third-order valence-electron chi connectivity index (χ3n) is 7.11. The molecule has 1 aliphatic carbocycles. The van der Waals surface area contributed by atoms with Crippen molar-refractivity contribution in [2.45, 2.75) is 64.0 Å². The molecule has 1 aliphatic heterocycles. The van der Waals surface area contributed by atoms with E-state index in [9.17, 15) is 9.90 Å². The monoisotopic (exact) mass is 395 g/mol. The topological polar surface area (TPSA) is 65.5 Å². The van der Waals surface area contributed by atoms with Gasteiger partial charge in [0.05, 0.1) is 11.1 Å². The fourth-order valence-corrected chi connectivity index (χ4v) is 4.95. The number of hydrogen-bond donors (Lipinski definition) is 2. The number of aromatic nitrogens is 1. The number of amides is 2. The highest BCUT2D eigenvalue weighted by Crippen LogP contribution is 2.35. The van der Waals surface area contributed by atoms with Crippen LogP contribution in [0.15, 0.2) is 36.5 Å². The molecule has 0 radical (unpaired) electrons. The first-order valence-electron chi connectivity index (χ1n) is 10.9. The molecule has 1 atom stereocenters. The molecule has 1 aromatic heterocycles. The molecule has 156 valence electrons. The van der Waals surface area contributed by atoms with E-state index in [1.54, 1.807) is 0 Å². The summed E-state index contributed by atoms with van der Waals surface area (Å²) < 4.78 is 0. The largest absolute Gasteiger partial charge is 0.390 e. The summed E-state index contributed by atoms with van der Waals surface area (Å²) in [4.78, 5) is 19.2. The minimum atomic E-state index is -0.619. The first kappa shape index (κ1) is 20.1. The smallest absolute Gasteiger partial charge is 0.317 e. The third kappa shape index (κ3) is 4.25. The van der Waals surface area contributed by atoms with Gasteiger partial charge >= 0.3 is 6.03 Å². The van der Waals surface area contributed by atoms with E-state index < -0.39 is 5.60 Å². The van der Waals surface area contributed by atoms with Crippen LogP contribution in [0.4, 0.5) is 4.79 Å². The van der Waals surface area contributed by atoms with Crippen molar-refractivity contribution in [1.29, 1.82) is 0 Å². The van der Waals surface area contributed by atoms with E-state index in [2.05, 4.69) is 41.5 Å². The minimum absolute atomic E-state index is 0.0659. The number of likely N-dealkylation sites (tertiary alicyclic amines) is 1. The van der Waals surface area contributed by atoms with Crippen molar-refractivity contribution in [1.82, 2.24) is 15.2 Å². The Kier molecular flexibility index (Phi) is 5.52. The highest BCUT2D eigenvalue weighted by Gasteiger charge is 2.37. The average molecular weight is 396 g/mol. The van der Waals surface area contributed by atoms with Gasteiger partial charge in [-0.25, -0.2) is 4.79 Å². The maximum atomic E-state index is 12.6. The molecule has 5 heteroatoms. The lowest BCUT2D eigenvalue weighted by atomic mass is 9.77. The van der Waals surface area contributed by atoms with Crippen molar-refractivity contribution in [3.8, 4) is 0 Å². The van der Waals surface area contributed by atoms with E-state index in [4.69, 9.17) is 0 Å². The first-order valence-corrected chi connectivity index (χ1v) is 10.9. The van der Waals surface area contributed by atoms with Crippen molar-refractivity contribution in [2.75, 3.05) is 13.1 Å². The maximum Gasteiger partial charge on any atom is 0.317 e. The fourth-order valence-electron chi connectivity index (χ4n) is 4.95. The quantitative estimate of drug-likeness (QED) is 0.811. The highest BCUT2D eigenvalue weighted by atomic mass is 16.3. The molecule has 29 heavy (non-hydrogen) atoms. The number of fused-ring (bicyclic) bond motifs is 1. The number of nitrogens with one attached hydrogen (secondary N) is 1. The SMILES string of the molecule is CC(c1cccc2cccnc12)C1CN(C(=O)N[C@H]2CC[C@H](C(C)(C)O)CC2)C1. The number of carbonyl (C=O) groups excluding carboxylic acids is 1. The molecular weight excluding hydrogens is 362 g/mol. The van der Waals surface area contributed by atoms with Crippen LogP contribution < -0.4 is 5.32 Å². The summed E-state index contributed by atoms with van der Waals surface area (Å²) in [5.41, 5.74) is 1.73. The van der Waals surface area contributed by atoms with E-state index in [0.717, 1.165) is 44.3 Å². The number of benzene rings is 1. The van der Waals surface area contributed by atoms with Crippen LogP contribution in [0.5, 0.6) is 0 Å². The number of nitrogens with zero attached hydrogens (tertiary/aromatic N) is 2. The molecular formula is C24H33N3O2. The molecule has 1 saturated carbocycles. The number of para-hydroxylation sites is 1. The van der Waals surface area contributed by atoms with Crippen molar-refractivity contribution < 1.29 is 9.90 Å². The number of pyridine rings is 1. The van der Waals surface area contributed by atoms with Gasteiger partial charge in [0.2, 0.25) is 0 Å². The van der Waals surface area contributed by atoms with Crippen molar-refractivity contribution in [3.63, 3.8) is 0 Å². The van der Waals surface area contributed by atoms with Crippen LogP contribution in [-0.4, -0.2) is 45.8 Å². The number of rotatable bonds is 4. The van der Waals surface area contributed by atoms with Gasteiger partial charge in [0.15, 0.2) is 0 Å². The van der Waals surface area contributed by atoms with Gasteiger partial charge < -0.3 is 15.3 Å². The standard InChI is InChI=1S/C24H33N3O2/c1-16(21-8-4-6-17-7-5-13-25-22(17)21)18-14-27(15-18)23(28)26-20-11-9-19(10-12-20)24(2,3)29/h4-8,13,16,18-20,29H,9-12,14-15H2,1-3H3,(H,26,28)/t16?,19-,20-. The van der Waals surface area contributed by atoms with Crippen LogP contribution in [0.2, 0.25) is 0 Å². The lowest BCUT2D eigenvalue weighted by Gasteiger charge is -2.44. The van der Waals surface area contributed by atoms with Gasteiger partial charge in [-0.3, -0.25) is 4.98 Å². The van der Waals surface area contributed by atoms with Gasteiger partial charge in [-0.05, 0) is 63.0 Å². The molecule has 4 rings (SSSR count). The second-order valence-corrected chi connectivity index (χ2v) is 9.53. The molecule has 0 spiro atoms. The van der Waals surface area contributed by atoms with Gasteiger partial charge in [-0.2, -0.15) is 0 Å². The van der Waals surface area contributed by atoms with Gasteiger partial charge in [0, 0.05) is 36.6 Å². The Morgan fingerprint density at radius 1 is 1.17 bits per heavy atom. The summed E-state index contributed by atoms with van der Waals surface area (Å²) in [5.74, 6) is 1.18. The molecule has 2 amide bonds. The van der Waals surface area contributed by atoms with Gasteiger partial charge in [-0.15, -0.1) is 0 Å². The second-order valence-electron chi connectivity index (χ2n) is 9.53. The van der Waals surface area contributed by atoms with E-state index in [0.29, 0.717) is 17.8 Å². The zero-order valence-electron chi connectivity index (χ0n) is 17.8. The number of hydrogen-bond acceptors (Lipinski definition) is 3. The Bertz CT molecular complexity index is 857. The fraction of sp³-hybridized carbons (Fsp3) is 0.583. The Hall–Kier alpha value is -2.14. The van der Waals surface area contributed by atoms with Crippen LogP contribution in [0, 0.1) is 11.8 Å². The Morgan fingerprint density at radius 3 is 2.55 bits per heavy atom. The summed E-state index contributed by atoms with van der Waals surface area (Å²) in [5, 5.41) is 14.6. The Morgan fingerprint density at radius 2 is 1.86 bits per heavy atom. The number of aliphatic hydroxyl groups is 1. The summed E-state index contributed by atoms with van der Waals surface area (Å²) in [6.07, 6.45) is 5.71. The molecule has 2 heterocycles. The highest BCUT2D eigenvalue weighted by molar-refractivity contribution is 5.82. The van der Waals surface area contributed by atoms with Gasteiger partial charge in [0.1, 0.15) is 0 Å². The zero-order chi connectivity index (χ0) is 20.6. The van der Waals surface area contributed by atoms with Crippen LogP contribution in [0.3, 0.4) is 0 Å². The van der Waals surface area contributed by atoms with Crippen LogP contribution >= 0.6 is 0 Å². The van der Waals surface area contributed by atoms with Crippen molar-refractivity contribution >= 4 is 16.9 Å². The summed E-state index contributed by atoms with van der Waals surface area (Å²) in [7, 11) is 0. The van der Waals surface area contributed by atoms with Crippen LogP contribution in [0.25, 0.3) is 10.9 Å². The van der Waals surface area contributed by atoms with E-state index in [1.807, 2.05) is 31.0 Å². The number of urea groups is 1. The zero-order valence-corrected chi connectivity index (χ0v) is 17.8. The van der Waals surface area contributed by atoms with E-state index in [-0.39, 0.29) is 12.1 Å². The molecule has 2 aromatic rings. The van der Waals surface area contributed by atoms with Gasteiger partial charge in [-0.1, -0.05) is 31.2 Å². The number of carbonyl (C=O) groups is 1. The summed E-state index contributed by atoms with van der Waals surface area (Å²) in [6.45, 7) is 7.64. The second kappa shape index (κ2) is 7.94. The van der Waals surface area contributed by atoms with E-state index in [1.165, 1.54) is 10.9 Å². The van der Waals surface area contributed by atoms with Crippen molar-refractivity contribution in [3.05, 3.63) is 42.1 Å². The summed E-state index contributed by atoms with van der Waals surface area (Å²) >= 11 is 0. The van der Waals surface area contributed by atoms with Crippen LogP contribution in [-0.2, 0) is 0 Å². The average Bonchev–Trinajstić information content (AvgIpc) is 2.66. The van der Waals surface area contributed by atoms with Crippen molar-refractivity contribution in [2.24, 2.45) is 11.8 Å². The van der Waals surface area contributed by atoms with Crippen LogP contribution in [0.1, 0.15) is 57.9 Å². The first-order chi connectivity index (χ1) is 13.8. The third-order valence-corrected chi connectivity index (χ3v) is 7.11. The normalized spacial score (nSPS) is 24.2. The molecule has 5 nitrogen and oxygen atoms in total. The van der Waals surface area contributed by atoms with E-state index >= 15 is 0 Å². The maximum absolute atomic E-state index is 12.6. The lowest BCUT2D eigenvalue weighted by molar-refractivity contribution is -0.00277. The molecule has 2 fully saturated rings. The predicted molar refractivity (Wildman–Crippen MR) is 116 cm³/mol. The molecule has 1 aromatic carbocycles. The predicted octanol–water partition coefficient (Wildman–Crippen LogP) is 4.31. The molecule has 0 bridgehead atoms. The Balaban J connectivity index is 1.29. The molecule has 1 unspecified atom stereocenters. The lowest BCUT2D eigenvalue weighted by Crippen LogP contribution is -2.57. The molecule has 1 saturated heterocycles. The minimum Gasteiger partial charge on any atom is -0.390 e. The summed E-state index contributed by atoms with van der Waals surface area (Å²) in [6, 6.07) is 10.8. The molecule has 2 N–H and O–H groups in total. The Labute approximate surface area is 173 Å². The molecule has 2 aliphatic rings. The van der Waals surface area contributed by atoms with Gasteiger partial charge in [0.25, 0.3) is 0 Å².